The van der Waals surface area contributed by atoms with E-state index < -0.39 is 0 Å². The van der Waals surface area contributed by atoms with Crippen LogP contribution in [0.4, 0.5) is 5.69 Å². The monoisotopic (exact) mass is 325 g/mol. The van der Waals surface area contributed by atoms with Crippen molar-refractivity contribution in [2.24, 2.45) is 0 Å². The fourth-order valence-corrected chi connectivity index (χ4v) is 2.00. The van der Waals surface area contributed by atoms with E-state index in [4.69, 9.17) is 9.47 Å². The first kappa shape index (κ1) is 18.6. The number of hydrogen-bond donors (Lipinski definition) is 0. The van der Waals surface area contributed by atoms with Crippen LogP contribution in [-0.4, -0.2) is 53.5 Å². The molecule has 0 amide bonds. The molecule has 7 heteroatoms. The SMILES string of the molecule is COC(=O)CCN(CCC(=O)OC)c1cc(OC)cc(OC)c1. The van der Waals surface area contributed by atoms with Crippen molar-refractivity contribution in [1.29, 1.82) is 0 Å². The molecule has 1 aromatic rings. The summed E-state index contributed by atoms with van der Waals surface area (Å²) in [6.07, 6.45) is 0.411. The Morgan fingerprint density at radius 3 is 1.61 bits per heavy atom. The number of rotatable bonds is 9. The van der Waals surface area contributed by atoms with Crippen LogP contribution < -0.4 is 14.4 Å². The van der Waals surface area contributed by atoms with Crippen LogP contribution in [-0.2, 0) is 19.1 Å². The molecule has 1 rings (SSSR count). The van der Waals surface area contributed by atoms with Crippen molar-refractivity contribution in [2.45, 2.75) is 12.8 Å². The quantitative estimate of drug-likeness (QED) is 0.639. The maximum atomic E-state index is 11.4. The molecule has 0 fully saturated rings. The number of hydrogen-bond acceptors (Lipinski definition) is 7. The lowest BCUT2D eigenvalue weighted by atomic mass is 10.2. The van der Waals surface area contributed by atoms with Crippen molar-refractivity contribution >= 4 is 17.6 Å². The molecule has 0 aliphatic rings. The number of carbonyl (C=O) groups is 2. The number of carbonyl (C=O) groups excluding carboxylic acids is 2. The summed E-state index contributed by atoms with van der Waals surface area (Å²) < 4.78 is 19.8. The molecule has 23 heavy (non-hydrogen) atoms. The molecule has 0 N–H and O–H groups in total. The van der Waals surface area contributed by atoms with Crippen LogP contribution in [0.1, 0.15) is 12.8 Å². The van der Waals surface area contributed by atoms with E-state index in [2.05, 4.69) is 9.47 Å². The number of nitrogens with zero attached hydrogens (tertiary/aromatic N) is 1. The predicted octanol–water partition coefficient (Wildman–Crippen LogP) is 1.64. The normalized spacial score (nSPS) is 9.91. The third-order valence-corrected chi connectivity index (χ3v) is 3.33. The van der Waals surface area contributed by atoms with Gasteiger partial charge >= 0.3 is 11.9 Å². The van der Waals surface area contributed by atoms with Gasteiger partial charge in [0.2, 0.25) is 0 Å². The fourth-order valence-electron chi connectivity index (χ4n) is 2.00. The smallest absolute Gasteiger partial charge is 0.307 e. The van der Waals surface area contributed by atoms with Gasteiger partial charge in [-0.05, 0) is 0 Å². The topological polar surface area (TPSA) is 74.3 Å². The Labute approximate surface area is 136 Å². The van der Waals surface area contributed by atoms with Gasteiger partial charge in [0, 0.05) is 37.0 Å². The number of benzene rings is 1. The second-order valence-electron chi connectivity index (χ2n) is 4.71. The number of esters is 2. The van der Waals surface area contributed by atoms with Crippen LogP contribution in [0.3, 0.4) is 0 Å². The van der Waals surface area contributed by atoms with Gasteiger partial charge in [-0.3, -0.25) is 9.59 Å². The van der Waals surface area contributed by atoms with Crippen molar-refractivity contribution in [2.75, 3.05) is 46.4 Å². The zero-order valence-corrected chi connectivity index (χ0v) is 14.0. The van der Waals surface area contributed by atoms with Crippen LogP contribution in [0.2, 0.25) is 0 Å². The first-order valence-electron chi connectivity index (χ1n) is 7.15. The summed E-state index contributed by atoms with van der Waals surface area (Å²) in [7, 11) is 5.81. The fraction of sp³-hybridized carbons (Fsp3) is 0.500. The lowest BCUT2D eigenvalue weighted by Gasteiger charge is -2.25. The molecular formula is C16H23NO6. The van der Waals surface area contributed by atoms with E-state index in [9.17, 15) is 9.59 Å². The van der Waals surface area contributed by atoms with E-state index in [0.717, 1.165) is 5.69 Å². The number of ether oxygens (including phenoxy) is 4. The third kappa shape index (κ3) is 6.06. The molecule has 0 aliphatic heterocycles. The van der Waals surface area contributed by atoms with Gasteiger partial charge in [0.15, 0.2) is 0 Å². The minimum absolute atomic E-state index is 0.206. The van der Waals surface area contributed by atoms with E-state index in [0.29, 0.717) is 24.6 Å². The van der Waals surface area contributed by atoms with Crippen LogP contribution in [0.5, 0.6) is 11.5 Å². The second kappa shape index (κ2) is 9.55. The summed E-state index contributed by atoms with van der Waals surface area (Å²) in [6, 6.07) is 5.39. The van der Waals surface area contributed by atoms with Gasteiger partial charge in [0.1, 0.15) is 11.5 Å². The average molecular weight is 325 g/mol. The van der Waals surface area contributed by atoms with Gasteiger partial charge in [-0.1, -0.05) is 0 Å². The predicted molar refractivity (Wildman–Crippen MR) is 85.0 cm³/mol. The van der Waals surface area contributed by atoms with Gasteiger partial charge in [-0.15, -0.1) is 0 Å². The lowest BCUT2D eigenvalue weighted by Crippen LogP contribution is -2.29. The highest BCUT2D eigenvalue weighted by molar-refractivity contribution is 5.71. The molecule has 0 aliphatic carbocycles. The Hall–Kier alpha value is -2.44. The molecule has 0 aromatic heterocycles. The molecule has 0 bridgehead atoms. The molecule has 0 radical (unpaired) electrons. The first-order chi connectivity index (χ1) is 11.0. The zero-order valence-electron chi connectivity index (χ0n) is 14.0. The highest BCUT2D eigenvalue weighted by Crippen LogP contribution is 2.28. The van der Waals surface area contributed by atoms with Crippen LogP contribution >= 0.6 is 0 Å². The second-order valence-corrected chi connectivity index (χ2v) is 4.71. The van der Waals surface area contributed by atoms with E-state index >= 15 is 0 Å². The largest absolute Gasteiger partial charge is 0.497 e. The van der Waals surface area contributed by atoms with Gasteiger partial charge in [-0.25, -0.2) is 0 Å². The highest BCUT2D eigenvalue weighted by atomic mass is 16.5. The Bertz CT molecular complexity index is 489. The molecule has 0 heterocycles. The molecule has 128 valence electrons. The van der Waals surface area contributed by atoms with Gasteiger partial charge in [0.05, 0.1) is 41.3 Å². The summed E-state index contributed by atoms with van der Waals surface area (Å²) in [6.45, 7) is 0.806. The van der Waals surface area contributed by atoms with E-state index in [-0.39, 0.29) is 24.8 Å². The van der Waals surface area contributed by atoms with E-state index in [1.165, 1.54) is 14.2 Å². The van der Waals surface area contributed by atoms with Gasteiger partial charge < -0.3 is 23.8 Å². The standard InChI is InChI=1S/C16H23NO6/c1-20-13-9-12(10-14(11-13)21-2)17(7-5-15(18)22-3)8-6-16(19)23-4/h9-11H,5-8H2,1-4H3. The average Bonchev–Trinajstić information content (AvgIpc) is 2.60. The van der Waals surface area contributed by atoms with E-state index in [1.54, 1.807) is 20.3 Å². The Balaban J connectivity index is 2.96. The number of anilines is 1. The van der Waals surface area contributed by atoms with Crippen molar-refractivity contribution in [3.05, 3.63) is 18.2 Å². The van der Waals surface area contributed by atoms with Crippen LogP contribution in [0.15, 0.2) is 18.2 Å². The molecule has 1 aromatic carbocycles. The van der Waals surface area contributed by atoms with Gasteiger partial charge in [0.25, 0.3) is 0 Å². The summed E-state index contributed by atoms with van der Waals surface area (Å²) >= 11 is 0. The zero-order chi connectivity index (χ0) is 17.2. The lowest BCUT2D eigenvalue weighted by molar-refractivity contribution is -0.140. The summed E-state index contributed by atoms with van der Waals surface area (Å²) in [5.74, 6) is 0.617. The Kier molecular flexibility index (Phi) is 7.73. The maximum absolute atomic E-state index is 11.4. The van der Waals surface area contributed by atoms with Crippen molar-refractivity contribution in [3.63, 3.8) is 0 Å². The Morgan fingerprint density at radius 2 is 1.26 bits per heavy atom. The van der Waals surface area contributed by atoms with E-state index in [1.807, 2.05) is 17.0 Å². The summed E-state index contributed by atoms with van der Waals surface area (Å²) in [5.41, 5.74) is 0.786. The van der Waals surface area contributed by atoms with Crippen LogP contribution in [0, 0.1) is 0 Å². The van der Waals surface area contributed by atoms with Crippen LogP contribution in [0.25, 0.3) is 0 Å². The molecule has 0 atom stereocenters. The molecular weight excluding hydrogens is 302 g/mol. The minimum Gasteiger partial charge on any atom is -0.497 e. The minimum atomic E-state index is -0.317. The molecule has 0 saturated carbocycles. The van der Waals surface area contributed by atoms with Crippen molar-refractivity contribution in [3.8, 4) is 11.5 Å². The van der Waals surface area contributed by atoms with Crippen molar-refractivity contribution < 1.29 is 28.5 Å². The Morgan fingerprint density at radius 1 is 0.826 bits per heavy atom. The van der Waals surface area contributed by atoms with Crippen molar-refractivity contribution in [1.82, 2.24) is 0 Å². The molecule has 7 nitrogen and oxygen atoms in total. The third-order valence-electron chi connectivity index (χ3n) is 3.33. The maximum Gasteiger partial charge on any atom is 0.307 e. The highest BCUT2D eigenvalue weighted by Gasteiger charge is 2.14. The molecule has 0 spiro atoms. The molecule has 0 unspecified atom stereocenters. The molecule has 0 saturated heterocycles. The number of methoxy groups -OCH3 is 4. The summed E-state index contributed by atoms with van der Waals surface area (Å²) in [5, 5.41) is 0. The summed E-state index contributed by atoms with van der Waals surface area (Å²) in [4.78, 5) is 24.7. The van der Waals surface area contributed by atoms with Gasteiger partial charge in [-0.2, -0.15) is 0 Å². The first-order valence-corrected chi connectivity index (χ1v) is 7.15.